The number of nitrogens with zero attached hydrogens (tertiary/aromatic N) is 2. The van der Waals surface area contributed by atoms with Crippen molar-refractivity contribution in [3.05, 3.63) is 84.4 Å². The van der Waals surface area contributed by atoms with E-state index in [-0.39, 0.29) is 17.3 Å². The monoisotopic (exact) mass is 553 g/mol. The molecule has 3 rings (SSSR count). The SMILES string of the molecule is CCNC(=O)[C@H](C)N(Cc1ccc(OC)cc1)C(=O)CN(c1ccccc1)S(=O)(=O)c1ccc(OCC)cc1. The number of nitrogens with one attached hydrogen (secondary N) is 1. The lowest BCUT2D eigenvalue weighted by Crippen LogP contribution is -2.51. The number of para-hydroxylation sites is 1. The molecule has 10 heteroatoms. The molecule has 0 fully saturated rings. The highest BCUT2D eigenvalue weighted by Gasteiger charge is 2.32. The number of sulfonamides is 1. The molecule has 0 aromatic heterocycles. The van der Waals surface area contributed by atoms with Crippen LogP contribution in [-0.2, 0) is 26.2 Å². The number of methoxy groups -OCH3 is 1. The number of carbonyl (C=O) groups is 2. The predicted molar refractivity (Wildman–Crippen MR) is 150 cm³/mol. The molecule has 0 heterocycles. The van der Waals surface area contributed by atoms with Crippen LogP contribution >= 0.6 is 0 Å². The van der Waals surface area contributed by atoms with Gasteiger partial charge in [0, 0.05) is 13.1 Å². The molecular weight excluding hydrogens is 518 g/mol. The zero-order valence-electron chi connectivity index (χ0n) is 22.7. The van der Waals surface area contributed by atoms with Gasteiger partial charge in [-0.25, -0.2) is 8.42 Å². The second-order valence-corrected chi connectivity index (χ2v) is 10.6. The Morgan fingerprint density at radius 1 is 0.897 bits per heavy atom. The largest absolute Gasteiger partial charge is 0.497 e. The van der Waals surface area contributed by atoms with E-state index in [4.69, 9.17) is 9.47 Å². The van der Waals surface area contributed by atoms with Crippen LogP contribution in [0.2, 0.25) is 0 Å². The predicted octanol–water partition coefficient (Wildman–Crippen LogP) is 3.84. The van der Waals surface area contributed by atoms with E-state index in [1.165, 1.54) is 17.0 Å². The first-order valence-electron chi connectivity index (χ1n) is 12.7. The highest BCUT2D eigenvalue weighted by atomic mass is 32.2. The second kappa shape index (κ2) is 13.7. The van der Waals surface area contributed by atoms with E-state index in [2.05, 4.69) is 5.32 Å². The fraction of sp³-hybridized carbons (Fsp3) is 0.310. The van der Waals surface area contributed by atoms with Crippen LogP contribution in [0.4, 0.5) is 5.69 Å². The summed E-state index contributed by atoms with van der Waals surface area (Å²) in [6.07, 6.45) is 0. The lowest BCUT2D eigenvalue weighted by atomic mass is 10.1. The fourth-order valence-electron chi connectivity index (χ4n) is 3.96. The molecule has 208 valence electrons. The van der Waals surface area contributed by atoms with Gasteiger partial charge in [0.25, 0.3) is 10.0 Å². The van der Waals surface area contributed by atoms with Gasteiger partial charge in [0.1, 0.15) is 24.1 Å². The summed E-state index contributed by atoms with van der Waals surface area (Å²) in [4.78, 5) is 28.0. The van der Waals surface area contributed by atoms with Gasteiger partial charge in [-0.3, -0.25) is 13.9 Å². The van der Waals surface area contributed by atoms with Crippen molar-refractivity contribution in [3.63, 3.8) is 0 Å². The van der Waals surface area contributed by atoms with E-state index in [1.807, 2.05) is 6.92 Å². The normalized spacial score (nSPS) is 11.8. The van der Waals surface area contributed by atoms with Gasteiger partial charge in [0.15, 0.2) is 0 Å². The third-order valence-corrected chi connectivity index (χ3v) is 7.86. The Labute approximate surface area is 230 Å². The number of hydrogen-bond acceptors (Lipinski definition) is 6. The summed E-state index contributed by atoms with van der Waals surface area (Å²) >= 11 is 0. The van der Waals surface area contributed by atoms with Gasteiger partial charge < -0.3 is 19.7 Å². The average molecular weight is 554 g/mol. The van der Waals surface area contributed by atoms with E-state index >= 15 is 0 Å². The standard InChI is InChI=1S/C29H35N3O6S/c1-5-30-29(34)22(3)31(20-23-12-14-25(37-4)15-13-23)28(33)21-32(24-10-8-7-9-11-24)39(35,36)27-18-16-26(17-19-27)38-6-2/h7-19,22H,5-6,20-21H2,1-4H3,(H,30,34)/t22-/m0/s1. The first-order valence-corrected chi connectivity index (χ1v) is 14.2. The molecule has 0 saturated heterocycles. The molecule has 0 spiro atoms. The van der Waals surface area contributed by atoms with Crippen molar-refractivity contribution in [2.24, 2.45) is 0 Å². The lowest BCUT2D eigenvalue weighted by molar-refractivity contribution is -0.139. The Morgan fingerprint density at radius 2 is 1.51 bits per heavy atom. The second-order valence-electron chi connectivity index (χ2n) is 8.69. The summed E-state index contributed by atoms with van der Waals surface area (Å²) in [5, 5.41) is 2.74. The van der Waals surface area contributed by atoms with Gasteiger partial charge in [-0.1, -0.05) is 30.3 Å². The van der Waals surface area contributed by atoms with Crippen LogP contribution in [0.1, 0.15) is 26.3 Å². The van der Waals surface area contributed by atoms with E-state index in [1.54, 1.807) is 87.7 Å². The van der Waals surface area contributed by atoms with E-state index in [0.717, 1.165) is 9.87 Å². The Morgan fingerprint density at radius 3 is 2.08 bits per heavy atom. The van der Waals surface area contributed by atoms with Crippen molar-refractivity contribution in [1.29, 1.82) is 0 Å². The maximum Gasteiger partial charge on any atom is 0.264 e. The van der Waals surface area contributed by atoms with Crippen molar-refractivity contribution < 1.29 is 27.5 Å². The van der Waals surface area contributed by atoms with E-state index < -0.39 is 28.5 Å². The number of hydrogen-bond donors (Lipinski definition) is 1. The highest BCUT2D eigenvalue weighted by molar-refractivity contribution is 7.92. The van der Waals surface area contributed by atoms with Gasteiger partial charge in [0.05, 0.1) is 24.3 Å². The number of benzene rings is 3. The van der Waals surface area contributed by atoms with Gasteiger partial charge in [-0.2, -0.15) is 0 Å². The van der Waals surface area contributed by atoms with Crippen molar-refractivity contribution >= 4 is 27.5 Å². The summed E-state index contributed by atoms with van der Waals surface area (Å²) in [7, 11) is -2.58. The van der Waals surface area contributed by atoms with Gasteiger partial charge >= 0.3 is 0 Å². The Bertz CT molecular complexity index is 1330. The molecule has 39 heavy (non-hydrogen) atoms. The molecule has 0 aliphatic heterocycles. The molecule has 9 nitrogen and oxygen atoms in total. The van der Waals surface area contributed by atoms with Gasteiger partial charge in [-0.15, -0.1) is 0 Å². The fourth-order valence-corrected chi connectivity index (χ4v) is 5.37. The third kappa shape index (κ3) is 7.51. The Hall–Kier alpha value is -4.05. The molecule has 0 saturated carbocycles. The summed E-state index contributed by atoms with van der Waals surface area (Å²) in [6.45, 7) is 5.71. The quantitative estimate of drug-likeness (QED) is 0.345. The summed E-state index contributed by atoms with van der Waals surface area (Å²) in [5.74, 6) is 0.341. The number of likely N-dealkylation sites (N-methyl/N-ethyl adjacent to an activating group) is 1. The van der Waals surface area contributed by atoms with Crippen LogP contribution in [0.15, 0.2) is 83.8 Å². The number of carbonyl (C=O) groups excluding carboxylic acids is 2. The first-order chi connectivity index (χ1) is 18.7. The molecular formula is C29H35N3O6S. The van der Waals surface area contributed by atoms with Crippen molar-refractivity contribution in [2.75, 3.05) is 31.1 Å². The van der Waals surface area contributed by atoms with Gasteiger partial charge in [0.2, 0.25) is 11.8 Å². The Kier molecular flexibility index (Phi) is 10.3. The molecule has 0 unspecified atom stereocenters. The molecule has 0 radical (unpaired) electrons. The van der Waals surface area contributed by atoms with Crippen LogP contribution < -0.4 is 19.1 Å². The van der Waals surface area contributed by atoms with Crippen LogP contribution in [0.25, 0.3) is 0 Å². The highest BCUT2D eigenvalue weighted by Crippen LogP contribution is 2.26. The smallest absolute Gasteiger partial charge is 0.264 e. The number of amides is 2. The number of rotatable bonds is 13. The minimum Gasteiger partial charge on any atom is -0.497 e. The molecule has 3 aromatic carbocycles. The zero-order chi connectivity index (χ0) is 28.4. The average Bonchev–Trinajstić information content (AvgIpc) is 2.95. The topological polar surface area (TPSA) is 105 Å². The summed E-state index contributed by atoms with van der Waals surface area (Å²) < 4.78 is 39.4. The van der Waals surface area contributed by atoms with Crippen molar-refractivity contribution in [3.8, 4) is 11.5 Å². The van der Waals surface area contributed by atoms with E-state index in [9.17, 15) is 18.0 Å². The summed E-state index contributed by atoms with van der Waals surface area (Å²) in [5.41, 5.74) is 1.09. The van der Waals surface area contributed by atoms with Crippen LogP contribution in [-0.4, -0.2) is 58.0 Å². The van der Waals surface area contributed by atoms with Crippen LogP contribution in [0.3, 0.4) is 0 Å². The van der Waals surface area contributed by atoms with Gasteiger partial charge in [-0.05, 0) is 74.9 Å². The maximum absolute atomic E-state index is 13.8. The zero-order valence-corrected chi connectivity index (χ0v) is 23.5. The molecule has 0 aliphatic carbocycles. The minimum atomic E-state index is -4.14. The van der Waals surface area contributed by atoms with Crippen LogP contribution in [0.5, 0.6) is 11.5 Å². The van der Waals surface area contributed by atoms with E-state index in [0.29, 0.717) is 30.3 Å². The molecule has 0 bridgehead atoms. The molecule has 1 N–H and O–H groups in total. The lowest BCUT2D eigenvalue weighted by Gasteiger charge is -2.32. The summed E-state index contributed by atoms with van der Waals surface area (Å²) in [6, 6.07) is 20.8. The maximum atomic E-state index is 13.8. The molecule has 2 amide bonds. The van der Waals surface area contributed by atoms with Crippen molar-refractivity contribution in [2.45, 2.75) is 38.3 Å². The molecule has 0 aliphatic rings. The molecule has 3 aromatic rings. The van der Waals surface area contributed by atoms with Crippen LogP contribution in [0, 0.1) is 0 Å². The first kappa shape index (κ1) is 29.5. The minimum absolute atomic E-state index is 0.0149. The van der Waals surface area contributed by atoms with Crippen molar-refractivity contribution in [1.82, 2.24) is 10.2 Å². The number of ether oxygens (including phenoxy) is 2. The third-order valence-electron chi connectivity index (χ3n) is 6.08. The molecule has 1 atom stereocenters. The number of anilines is 1. The Balaban J connectivity index is 1.98.